The summed E-state index contributed by atoms with van der Waals surface area (Å²) in [6.07, 6.45) is 8.68. The van der Waals surface area contributed by atoms with Gasteiger partial charge in [0.15, 0.2) is 0 Å². The SMILES string of the molecule is CNc1cc(N2C[C@H](O)C[C@@H]2CNC2CCCc3nccnc32)ncn1. The number of aliphatic hydroxyl groups excluding tert-OH is 1. The van der Waals surface area contributed by atoms with Crippen LogP contribution in [-0.4, -0.2) is 57.3 Å². The van der Waals surface area contributed by atoms with Crippen molar-refractivity contribution in [1.82, 2.24) is 25.3 Å². The van der Waals surface area contributed by atoms with Gasteiger partial charge < -0.3 is 20.6 Å². The maximum absolute atomic E-state index is 10.2. The van der Waals surface area contributed by atoms with Crippen molar-refractivity contribution in [2.75, 3.05) is 30.4 Å². The fourth-order valence-electron chi connectivity index (χ4n) is 3.96. The third kappa shape index (κ3) is 3.47. The molecule has 3 N–H and O–H groups in total. The Labute approximate surface area is 153 Å². The summed E-state index contributed by atoms with van der Waals surface area (Å²) in [6.45, 7) is 1.37. The number of nitrogens with one attached hydrogen (secondary N) is 2. The summed E-state index contributed by atoms with van der Waals surface area (Å²) in [5, 5.41) is 16.9. The van der Waals surface area contributed by atoms with Gasteiger partial charge in [-0.15, -0.1) is 0 Å². The lowest BCUT2D eigenvalue weighted by atomic mass is 9.95. The number of hydrogen-bond acceptors (Lipinski definition) is 8. The van der Waals surface area contributed by atoms with E-state index in [4.69, 9.17) is 0 Å². The van der Waals surface area contributed by atoms with Crippen molar-refractivity contribution in [3.8, 4) is 0 Å². The molecule has 8 nitrogen and oxygen atoms in total. The lowest BCUT2D eigenvalue weighted by molar-refractivity contribution is 0.193. The number of β-amino-alcohol motifs (C(OH)–C–C–N with tert-alkyl or cyclic N) is 1. The van der Waals surface area contributed by atoms with Gasteiger partial charge in [0.05, 0.1) is 23.5 Å². The summed E-state index contributed by atoms with van der Waals surface area (Å²) in [7, 11) is 1.84. The molecule has 138 valence electrons. The lowest BCUT2D eigenvalue weighted by Crippen LogP contribution is -2.40. The highest BCUT2D eigenvalue weighted by atomic mass is 16.3. The molecule has 8 heteroatoms. The fraction of sp³-hybridized carbons (Fsp3) is 0.556. The number of nitrogens with zero attached hydrogens (tertiary/aromatic N) is 5. The molecule has 2 aromatic rings. The van der Waals surface area contributed by atoms with Gasteiger partial charge >= 0.3 is 0 Å². The zero-order chi connectivity index (χ0) is 17.9. The van der Waals surface area contributed by atoms with Gasteiger partial charge in [-0.2, -0.15) is 0 Å². The van der Waals surface area contributed by atoms with E-state index in [1.54, 1.807) is 18.7 Å². The highest BCUT2D eigenvalue weighted by molar-refractivity contribution is 5.50. The van der Waals surface area contributed by atoms with Crippen LogP contribution >= 0.6 is 0 Å². The minimum atomic E-state index is -0.340. The Morgan fingerprint density at radius 1 is 1.23 bits per heavy atom. The molecule has 1 fully saturated rings. The van der Waals surface area contributed by atoms with E-state index in [-0.39, 0.29) is 18.2 Å². The van der Waals surface area contributed by atoms with E-state index in [0.29, 0.717) is 6.54 Å². The van der Waals surface area contributed by atoms with E-state index in [2.05, 4.69) is 35.5 Å². The molecule has 2 aliphatic rings. The van der Waals surface area contributed by atoms with E-state index >= 15 is 0 Å². The van der Waals surface area contributed by atoms with Gasteiger partial charge in [-0.25, -0.2) is 9.97 Å². The molecule has 4 rings (SSSR count). The van der Waals surface area contributed by atoms with Gasteiger partial charge in [0.25, 0.3) is 0 Å². The Bertz CT molecular complexity index is 756. The van der Waals surface area contributed by atoms with E-state index < -0.39 is 0 Å². The average Bonchev–Trinajstić information content (AvgIpc) is 3.07. The molecule has 1 aliphatic carbocycles. The van der Waals surface area contributed by atoms with Gasteiger partial charge in [0, 0.05) is 44.6 Å². The first-order chi connectivity index (χ1) is 12.7. The predicted molar refractivity (Wildman–Crippen MR) is 99.1 cm³/mol. The van der Waals surface area contributed by atoms with Crippen LogP contribution in [0.15, 0.2) is 24.8 Å². The zero-order valence-electron chi connectivity index (χ0n) is 15.0. The minimum Gasteiger partial charge on any atom is -0.391 e. The predicted octanol–water partition coefficient (Wildman–Crippen LogP) is 0.915. The average molecular weight is 355 g/mol. The van der Waals surface area contributed by atoms with E-state index in [1.807, 2.05) is 13.1 Å². The van der Waals surface area contributed by atoms with Crippen molar-refractivity contribution in [3.63, 3.8) is 0 Å². The zero-order valence-corrected chi connectivity index (χ0v) is 15.0. The van der Waals surface area contributed by atoms with E-state index in [1.165, 1.54) is 0 Å². The van der Waals surface area contributed by atoms with Crippen LogP contribution in [0.25, 0.3) is 0 Å². The summed E-state index contributed by atoms with van der Waals surface area (Å²) >= 11 is 0. The second-order valence-electron chi connectivity index (χ2n) is 6.95. The van der Waals surface area contributed by atoms with Crippen molar-refractivity contribution in [2.24, 2.45) is 0 Å². The van der Waals surface area contributed by atoms with Gasteiger partial charge in [0.1, 0.15) is 18.0 Å². The van der Waals surface area contributed by atoms with Gasteiger partial charge in [-0.05, 0) is 25.7 Å². The third-order valence-electron chi connectivity index (χ3n) is 5.24. The van der Waals surface area contributed by atoms with Gasteiger partial charge in [0.2, 0.25) is 0 Å². The first kappa shape index (κ1) is 17.1. The third-order valence-corrected chi connectivity index (χ3v) is 5.24. The quantitative estimate of drug-likeness (QED) is 0.728. The van der Waals surface area contributed by atoms with Crippen molar-refractivity contribution in [3.05, 3.63) is 36.2 Å². The number of anilines is 2. The maximum Gasteiger partial charge on any atom is 0.134 e. The molecule has 1 unspecified atom stereocenters. The van der Waals surface area contributed by atoms with Crippen LogP contribution in [0.2, 0.25) is 0 Å². The van der Waals surface area contributed by atoms with Crippen LogP contribution in [0.4, 0.5) is 11.6 Å². The molecule has 0 aromatic carbocycles. The Balaban J connectivity index is 1.47. The smallest absolute Gasteiger partial charge is 0.134 e. The minimum absolute atomic E-state index is 0.187. The fourth-order valence-corrected chi connectivity index (χ4v) is 3.96. The molecule has 1 aliphatic heterocycles. The second-order valence-corrected chi connectivity index (χ2v) is 6.95. The molecule has 3 atom stereocenters. The van der Waals surface area contributed by atoms with Crippen molar-refractivity contribution in [2.45, 2.75) is 43.9 Å². The Kier molecular flexibility index (Phi) is 4.94. The number of fused-ring (bicyclic) bond motifs is 1. The van der Waals surface area contributed by atoms with Gasteiger partial charge in [-0.1, -0.05) is 0 Å². The molecule has 0 spiro atoms. The number of rotatable bonds is 5. The molecular formula is C18H25N7O. The van der Waals surface area contributed by atoms with E-state index in [9.17, 15) is 5.11 Å². The van der Waals surface area contributed by atoms with Crippen molar-refractivity contribution >= 4 is 11.6 Å². The largest absolute Gasteiger partial charge is 0.391 e. The first-order valence-corrected chi connectivity index (χ1v) is 9.22. The van der Waals surface area contributed by atoms with Crippen LogP contribution in [0.5, 0.6) is 0 Å². The summed E-state index contributed by atoms with van der Waals surface area (Å²) < 4.78 is 0. The highest BCUT2D eigenvalue weighted by Crippen LogP contribution is 2.28. The Hall–Kier alpha value is -2.32. The van der Waals surface area contributed by atoms with Gasteiger partial charge in [-0.3, -0.25) is 9.97 Å². The van der Waals surface area contributed by atoms with Crippen molar-refractivity contribution in [1.29, 1.82) is 0 Å². The Morgan fingerprint density at radius 3 is 3.00 bits per heavy atom. The normalized spacial score (nSPS) is 25.2. The van der Waals surface area contributed by atoms with Crippen LogP contribution in [0.3, 0.4) is 0 Å². The topological polar surface area (TPSA) is 99.1 Å². The molecule has 0 saturated carbocycles. The molecule has 26 heavy (non-hydrogen) atoms. The summed E-state index contributed by atoms with van der Waals surface area (Å²) in [5.41, 5.74) is 2.18. The second kappa shape index (κ2) is 7.51. The molecule has 3 heterocycles. The summed E-state index contributed by atoms with van der Waals surface area (Å²) in [6, 6.07) is 2.34. The van der Waals surface area contributed by atoms with E-state index in [0.717, 1.165) is 55.3 Å². The van der Waals surface area contributed by atoms with Crippen LogP contribution < -0.4 is 15.5 Å². The molecule has 2 aromatic heterocycles. The van der Waals surface area contributed by atoms with Crippen LogP contribution in [0.1, 0.15) is 36.7 Å². The Morgan fingerprint density at radius 2 is 2.12 bits per heavy atom. The first-order valence-electron chi connectivity index (χ1n) is 9.22. The van der Waals surface area contributed by atoms with Crippen molar-refractivity contribution < 1.29 is 5.11 Å². The monoisotopic (exact) mass is 355 g/mol. The number of aryl methyl sites for hydroxylation is 1. The van der Waals surface area contributed by atoms with Crippen LogP contribution in [0, 0.1) is 0 Å². The number of aromatic nitrogens is 4. The molecule has 0 amide bonds. The lowest BCUT2D eigenvalue weighted by Gasteiger charge is -2.29. The molecule has 1 saturated heterocycles. The number of aliphatic hydroxyl groups is 1. The summed E-state index contributed by atoms with van der Waals surface area (Å²) in [5.74, 6) is 1.62. The highest BCUT2D eigenvalue weighted by Gasteiger charge is 2.33. The number of hydrogen-bond donors (Lipinski definition) is 3. The molecular weight excluding hydrogens is 330 g/mol. The van der Waals surface area contributed by atoms with Crippen LogP contribution in [-0.2, 0) is 6.42 Å². The molecule has 0 bridgehead atoms. The standard InChI is InChI=1S/C18H25N7O/c1-19-16-8-17(24-11-23-16)25-10-13(26)7-12(25)9-22-15-4-2-3-14-18(15)21-6-5-20-14/h5-6,8,11-13,15,22,26H,2-4,7,9-10H2,1H3,(H,19,23,24)/t12-,13-,15?/m1/s1. The summed E-state index contributed by atoms with van der Waals surface area (Å²) in [4.78, 5) is 19.8. The maximum atomic E-state index is 10.2. The molecule has 0 radical (unpaired) electrons.